The number of nitrogens with one attached hydrogen (secondary N) is 1. The van der Waals surface area contributed by atoms with Crippen molar-refractivity contribution in [2.75, 3.05) is 31.6 Å². The van der Waals surface area contributed by atoms with Gasteiger partial charge in [-0.25, -0.2) is 4.98 Å². The van der Waals surface area contributed by atoms with Gasteiger partial charge in [0.2, 0.25) is 0 Å². The van der Waals surface area contributed by atoms with Gasteiger partial charge < -0.3 is 15.5 Å². The zero-order valence-corrected chi connectivity index (χ0v) is 11.9. The van der Waals surface area contributed by atoms with Crippen LogP contribution in [-0.4, -0.2) is 48.4 Å². The normalized spacial score (nSPS) is 20.6. The maximum absolute atomic E-state index is 12.8. The Bertz CT molecular complexity index is 543. The number of piperazine rings is 1. The van der Waals surface area contributed by atoms with Crippen molar-refractivity contribution in [3.63, 3.8) is 0 Å². The Morgan fingerprint density at radius 2 is 2.05 bits per heavy atom. The van der Waals surface area contributed by atoms with Gasteiger partial charge in [-0.05, 0) is 26.1 Å². The van der Waals surface area contributed by atoms with Gasteiger partial charge in [-0.3, -0.25) is 5.41 Å². The predicted octanol–water partition coefficient (Wildman–Crippen LogP) is 1.52. The van der Waals surface area contributed by atoms with E-state index in [0.717, 1.165) is 12.6 Å². The van der Waals surface area contributed by atoms with Gasteiger partial charge in [0.05, 0.1) is 5.56 Å². The summed E-state index contributed by atoms with van der Waals surface area (Å²) in [5.74, 6) is -0.143. The number of pyridine rings is 1. The number of hydrogen-bond acceptors (Lipinski definition) is 4. The van der Waals surface area contributed by atoms with E-state index >= 15 is 0 Å². The number of anilines is 1. The first-order chi connectivity index (χ1) is 9.70. The monoisotopic (exact) mass is 301 g/mol. The van der Waals surface area contributed by atoms with Crippen LogP contribution in [0, 0.1) is 5.41 Å². The molecule has 0 bridgehead atoms. The van der Waals surface area contributed by atoms with E-state index in [1.807, 2.05) is 14.0 Å². The van der Waals surface area contributed by atoms with E-state index in [-0.39, 0.29) is 23.3 Å². The molecule has 1 aliphatic heterocycles. The van der Waals surface area contributed by atoms with Crippen LogP contribution in [0.2, 0.25) is 0 Å². The lowest BCUT2D eigenvalue weighted by Gasteiger charge is -2.39. The van der Waals surface area contributed by atoms with Crippen LogP contribution >= 0.6 is 0 Å². The Morgan fingerprint density at radius 3 is 2.57 bits per heavy atom. The molecule has 2 heterocycles. The van der Waals surface area contributed by atoms with E-state index in [1.165, 1.54) is 6.07 Å². The van der Waals surface area contributed by atoms with Crippen molar-refractivity contribution in [1.29, 1.82) is 5.41 Å². The highest BCUT2D eigenvalue weighted by molar-refractivity contribution is 5.99. The number of nitrogens with zero attached hydrogens (tertiary/aromatic N) is 3. The Hall–Kier alpha value is -1.83. The summed E-state index contributed by atoms with van der Waals surface area (Å²) in [6.07, 6.45) is -4.51. The summed E-state index contributed by atoms with van der Waals surface area (Å²) in [4.78, 5) is 7.59. The molecule has 8 heteroatoms. The topological polar surface area (TPSA) is 69.2 Å². The van der Waals surface area contributed by atoms with Crippen LogP contribution in [0.4, 0.5) is 19.0 Å². The number of nitrogens with two attached hydrogens (primary N) is 1. The van der Waals surface area contributed by atoms with Crippen molar-refractivity contribution in [3.8, 4) is 0 Å². The van der Waals surface area contributed by atoms with Crippen molar-refractivity contribution in [3.05, 3.63) is 23.4 Å². The molecule has 21 heavy (non-hydrogen) atoms. The summed E-state index contributed by atoms with van der Waals surface area (Å²) in [6, 6.07) is 2.27. The van der Waals surface area contributed by atoms with Gasteiger partial charge in [-0.1, -0.05) is 0 Å². The van der Waals surface area contributed by atoms with Crippen LogP contribution in [0.5, 0.6) is 0 Å². The minimum atomic E-state index is -4.51. The molecule has 1 saturated heterocycles. The van der Waals surface area contributed by atoms with Gasteiger partial charge in [0.15, 0.2) is 0 Å². The van der Waals surface area contributed by atoms with Crippen molar-refractivity contribution in [1.82, 2.24) is 9.88 Å². The van der Waals surface area contributed by atoms with Crippen LogP contribution in [-0.2, 0) is 6.18 Å². The summed E-state index contributed by atoms with van der Waals surface area (Å²) in [7, 11) is 1.97. The molecule has 116 valence electrons. The van der Waals surface area contributed by atoms with Gasteiger partial charge in [0, 0.05) is 25.7 Å². The first-order valence-electron chi connectivity index (χ1n) is 6.58. The molecule has 0 radical (unpaired) electrons. The number of aromatic nitrogens is 1. The van der Waals surface area contributed by atoms with Crippen molar-refractivity contribution < 1.29 is 13.2 Å². The van der Waals surface area contributed by atoms with Crippen LogP contribution in [0.25, 0.3) is 0 Å². The van der Waals surface area contributed by atoms with Crippen LogP contribution in [0.1, 0.15) is 18.2 Å². The number of rotatable bonds is 2. The molecule has 1 fully saturated rings. The SMILES string of the molecule is CC1CN(c2nc(C(F)(F)F)ccc2C(=N)N)CCN1C. The molecule has 0 saturated carbocycles. The maximum Gasteiger partial charge on any atom is 0.433 e. The number of hydrogen-bond donors (Lipinski definition) is 2. The Balaban J connectivity index is 2.42. The van der Waals surface area contributed by atoms with E-state index in [4.69, 9.17) is 11.1 Å². The number of halogens is 3. The fraction of sp³-hybridized carbons (Fsp3) is 0.538. The number of alkyl halides is 3. The molecule has 1 unspecified atom stereocenters. The van der Waals surface area contributed by atoms with E-state index < -0.39 is 11.9 Å². The summed E-state index contributed by atoms with van der Waals surface area (Å²) in [5, 5.41) is 7.53. The Kier molecular flexibility index (Phi) is 4.08. The second kappa shape index (κ2) is 5.51. The lowest BCUT2D eigenvalue weighted by Crippen LogP contribution is -2.50. The highest BCUT2D eigenvalue weighted by atomic mass is 19.4. The summed E-state index contributed by atoms with van der Waals surface area (Å²) < 4.78 is 38.5. The zero-order chi connectivity index (χ0) is 15.8. The van der Waals surface area contributed by atoms with Crippen LogP contribution in [0.15, 0.2) is 12.1 Å². The molecule has 3 N–H and O–H groups in total. The van der Waals surface area contributed by atoms with Crippen molar-refractivity contribution in [2.24, 2.45) is 5.73 Å². The highest BCUT2D eigenvalue weighted by Crippen LogP contribution is 2.31. The minimum Gasteiger partial charge on any atom is -0.384 e. The van der Waals surface area contributed by atoms with Crippen molar-refractivity contribution in [2.45, 2.75) is 19.1 Å². The quantitative estimate of drug-likeness (QED) is 0.642. The third-order valence-corrected chi connectivity index (χ3v) is 3.71. The fourth-order valence-electron chi connectivity index (χ4n) is 2.30. The number of likely N-dealkylation sites (N-methyl/N-ethyl adjacent to an activating group) is 1. The minimum absolute atomic E-state index is 0.136. The number of nitrogen functional groups attached to an aromatic ring is 1. The largest absolute Gasteiger partial charge is 0.433 e. The molecular weight excluding hydrogens is 283 g/mol. The second-order valence-corrected chi connectivity index (χ2v) is 5.25. The highest BCUT2D eigenvalue weighted by Gasteiger charge is 2.34. The third-order valence-electron chi connectivity index (χ3n) is 3.71. The van der Waals surface area contributed by atoms with Crippen molar-refractivity contribution >= 4 is 11.7 Å². The zero-order valence-electron chi connectivity index (χ0n) is 11.9. The fourth-order valence-corrected chi connectivity index (χ4v) is 2.30. The van der Waals surface area contributed by atoms with E-state index in [1.54, 1.807) is 4.90 Å². The van der Waals surface area contributed by atoms with Gasteiger partial charge in [0.1, 0.15) is 17.3 Å². The van der Waals surface area contributed by atoms with E-state index in [9.17, 15) is 13.2 Å². The smallest absolute Gasteiger partial charge is 0.384 e. The number of amidine groups is 1. The molecule has 0 amide bonds. The van der Waals surface area contributed by atoms with Crippen LogP contribution < -0.4 is 10.6 Å². The molecule has 0 spiro atoms. The first-order valence-corrected chi connectivity index (χ1v) is 6.58. The molecule has 0 aromatic carbocycles. The van der Waals surface area contributed by atoms with Crippen LogP contribution in [0.3, 0.4) is 0 Å². The lowest BCUT2D eigenvalue weighted by atomic mass is 10.1. The third kappa shape index (κ3) is 3.26. The first kappa shape index (κ1) is 15.6. The molecular formula is C13H18F3N5. The predicted molar refractivity (Wildman–Crippen MR) is 74.6 cm³/mol. The molecule has 1 aromatic rings. The average Bonchev–Trinajstić information content (AvgIpc) is 2.40. The average molecular weight is 301 g/mol. The van der Waals surface area contributed by atoms with Gasteiger partial charge >= 0.3 is 6.18 Å². The lowest BCUT2D eigenvalue weighted by molar-refractivity contribution is -0.141. The standard InChI is InChI=1S/C13H18F3N5/c1-8-7-21(6-5-20(8)2)12-9(11(17)18)3-4-10(19-12)13(14,15)16/h3-4,8H,5-7H2,1-2H3,(H3,17,18). The molecule has 1 aliphatic rings. The summed E-state index contributed by atoms with van der Waals surface area (Å²) in [5.41, 5.74) is 4.74. The Morgan fingerprint density at radius 1 is 1.38 bits per heavy atom. The van der Waals surface area contributed by atoms with Gasteiger partial charge in [-0.15, -0.1) is 0 Å². The molecule has 0 aliphatic carbocycles. The van der Waals surface area contributed by atoms with Gasteiger partial charge in [0.25, 0.3) is 0 Å². The summed E-state index contributed by atoms with van der Waals surface area (Å²) in [6.45, 7) is 3.81. The van der Waals surface area contributed by atoms with E-state index in [2.05, 4.69) is 9.88 Å². The molecule has 2 rings (SSSR count). The second-order valence-electron chi connectivity index (χ2n) is 5.25. The Labute approximate surface area is 121 Å². The maximum atomic E-state index is 12.8. The van der Waals surface area contributed by atoms with Gasteiger partial charge in [-0.2, -0.15) is 13.2 Å². The summed E-state index contributed by atoms with van der Waals surface area (Å²) >= 11 is 0. The molecule has 5 nitrogen and oxygen atoms in total. The van der Waals surface area contributed by atoms with E-state index in [0.29, 0.717) is 13.1 Å². The molecule has 1 atom stereocenters. The molecule has 1 aromatic heterocycles.